The Morgan fingerprint density at radius 1 is 1.42 bits per heavy atom. The Bertz CT molecular complexity index is 320. The van der Waals surface area contributed by atoms with Crippen molar-refractivity contribution in [2.75, 3.05) is 0 Å². The molecule has 0 aliphatic carbocycles. The Kier molecular flexibility index (Phi) is 3.05. The smallest absolute Gasteiger partial charge is 0.241 e. The summed E-state index contributed by atoms with van der Waals surface area (Å²) in [5, 5.41) is 0. The van der Waals surface area contributed by atoms with Crippen LogP contribution in [0, 0.1) is 0 Å². The molecule has 0 spiro atoms. The van der Waals surface area contributed by atoms with E-state index in [1.807, 2.05) is 24.3 Å². The van der Waals surface area contributed by atoms with Crippen LogP contribution in [-0.2, 0) is 4.79 Å². The molecule has 0 aliphatic rings. The minimum Gasteiger partial charge on any atom is -0.366 e. The summed E-state index contributed by atoms with van der Waals surface area (Å²) in [6.07, 6.45) is 3.01. The van der Waals surface area contributed by atoms with Crippen molar-refractivity contribution in [3.05, 3.63) is 40.4 Å². The number of rotatable bonds is 2. The second kappa shape index (κ2) is 4.07. The van der Waals surface area contributed by atoms with Gasteiger partial charge in [0.1, 0.15) is 0 Å². The van der Waals surface area contributed by atoms with Crippen LogP contribution in [0.1, 0.15) is 5.56 Å². The number of hydrogen-bond donors (Lipinski definition) is 1. The molecule has 1 rings (SSSR count). The highest BCUT2D eigenvalue weighted by molar-refractivity contribution is 9.10. The van der Waals surface area contributed by atoms with Crippen LogP contribution in [0.15, 0.2) is 34.8 Å². The summed E-state index contributed by atoms with van der Waals surface area (Å²) in [6.45, 7) is 0. The fourth-order valence-corrected chi connectivity index (χ4v) is 1.20. The number of nitrogens with two attached hydrogens (primary N) is 1. The lowest BCUT2D eigenvalue weighted by Crippen LogP contribution is -2.05. The second-order valence-corrected chi connectivity index (χ2v) is 3.11. The summed E-state index contributed by atoms with van der Waals surface area (Å²) >= 11 is 3.34. The molecular weight excluding hydrogens is 218 g/mol. The van der Waals surface area contributed by atoms with Gasteiger partial charge in [0.15, 0.2) is 0 Å². The number of carbonyl (C=O) groups is 1. The third-order valence-corrected chi connectivity index (χ3v) is 2.05. The third-order valence-electron chi connectivity index (χ3n) is 1.33. The zero-order valence-corrected chi connectivity index (χ0v) is 7.91. The van der Waals surface area contributed by atoms with Crippen molar-refractivity contribution < 1.29 is 4.79 Å². The van der Waals surface area contributed by atoms with Crippen LogP contribution in [-0.4, -0.2) is 5.91 Å². The van der Waals surface area contributed by atoms with Gasteiger partial charge in [-0.2, -0.15) is 0 Å². The van der Waals surface area contributed by atoms with Crippen molar-refractivity contribution >= 4 is 27.9 Å². The van der Waals surface area contributed by atoms with E-state index in [9.17, 15) is 4.79 Å². The number of benzene rings is 1. The van der Waals surface area contributed by atoms with E-state index in [4.69, 9.17) is 5.73 Å². The first-order chi connectivity index (χ1) is 5.70. The predicted octanol–water partition coefficient (Wildman–Crippen LogP) is 1.95. The zero-order chi connectivity index (χ0) is 8.97. The molecule has 0 bridgehead atoms. The highest BCUT2D eigenvalue weighted by Gasteiger charge is 1.92. The molecule has 1 aromatic rings. The van der Waals surface area contributed by atoms with Crippen LogP contribution in [0.4, 0.5) is 0 Å². The van der Waals surface area contributed by atoms with Crippen LogP contribution in [0.3, 0.4) is 0 Å². The summed E-state index contributed by atoms with van der Waals surface area (Å²) in [7, 11) is 0. The molecule has 0 aromatic heterocycles. The van der Waals surface area contributed by atoms with E-state index in [1.54, 1.807) is 6.08 Å². The van der Waals surface area contributed by atoms with E-state index in [1.165, 1.54) is 6.08 Å². The highest BCUT2D eigenvalue weighted by Crippen LogP contribution is 2.16. The predicted molar refractivity (Wildman–Crippen MR) is 52.4 cm³/mol. The summed E-state index contributed by atoms with van der Waals surface area (Å²) < 4.78 is 0.947. The SMILES string of the molecule is NC(=O)/C=C/c1ccccc1Br. The molecule has 0 saturated carbocycles. The van der Waals surface area contributed by atoms with Crippen molar-refractivity contribution in [2.24, 2.45) is 5.73 Å². The van der Waals surface area contributed by atoms with Crippen molar-refractivity contribution in [2.45, 2.75) is 0 Å². The second-order valence-electron chi connectivity index (χ2n) is 2.26. The highest BCUT2D eigenvalue weighted by atomic mass is 79.9. The maximum atomic E-state index is 10.4. The first-order valence-corrected chi connectivity index (χ1v) is 4.21. The van der Waals surface area contributed by atoms with E-state index in [-0.39, 0.29) is 0 Å². The van der Waals surface area contributed by atoms with Gasteiger partial charge < -0.3 is 5.73 Å². The summed E-state index contributed by atoms with van der Waals surface area (Å²) in [5.41, 5.74) is 5.89. The third kappa shape index (κ3) is 2.51. The van der Waals surface area contributed by atoms with Gasteiger partial charge in [-0.05, 0) is 17.7 Å². The van der Waals surface area contributed by atoms with E-state index >= 15 is 0 Å². The largest absolute Gasteiger partial charge is 0.366 e. The van der Waals surface area contributed by atoms with E-state index in [0.717, 1.165) is 10.0 Å². The summed E-state index contributed by atoms with van der Waals surface area (Å²) in [5.74, 6) is -0.439. The average Bonchev–Trinajstić information content (AvgIpc) is 2.03. The standard InChI is InChI=1S/C9H8BrNO/c10-8-4-2-1-3-7(8)5-6-9(11)12/h1-6H,(H2,11,12)/b6-5+. The fraction of sp³-hybridized carbons (Fsp3) is 0. The average molecular weight is 226 g/mol. The Hall–Kier alpha value is -1.09. The quantitative estimate of drug-likeness (QED) is 0.769. The Morgan fingerprint density at radius 3 is 2.67 bits per heavy atom. The molecule has 0 fully saturated rings. The van der Waals surface area contributed by atoms with Gasteiger partial charge in [0.25, 0.3) is 0 Å². The van der Waals surface area contributed by atoms with Gasteiger partial charge in [0.2, 0.25) is 5.91 Å². The van der Waals surface area contributed by atoms with E-state index < -0.39 is 5.91 Å². The molecule has 2 nitrogen and oxygen atoms in total. The van der Waals surface area contributed by atoms with Gasteiger partial charge in [-0.25, -0.2) is 0 Å². The maximum absolute atomic E-state index is 10.4. The number of halogens is 1. The van der Waals surface area contributed by atoms with E-state index in [2.05, 4.69) is 15.9 Å². The monoisotopic (exact) mass is 225 g/mol. The minimum atomic E-state index is -0.439. The van der Waals surface area contributed by atoms with Crippen molar-refractivity contribution in [1.29, 1.82) is 0 Å². The number of hydrogen-bond acceptors (Lipinski definition) is 1. The normalized spacial score (nSPS) is 10.4. The molecule has 1 amide bonds. The van der Waals surface area contributed by atoms with E-state index in [0.29, 0.717) is 0 Å². The molecular formula is C9H8BrNO. The molecule has 3 heteroatoms. The van der Waals surface area contributed by atoms with Crippen molar-refractivity contribution in [3.8, 4) is 0 Å². The summed E-state index contributed by atoms with van der Waals surface area (Å²) in [6, 6.07) is 7.60. The molecule has 2 N–H and O–H groups in total. The molecule has 0 atom stereocenters. The molecule has 0 heterocycles. The van der Waals surface area contributed by atoms with Crippen LogP contribution in [0.25, 0.3) is 6.08 Å². The Labute approximate surface area is 79.2 Å². The number of primary amides is 1. The number of amides is 1. The molecule has 0 aliphatic heterocycles. The van der Waals surface area contributed by atoms with Gasteiger partial charge >= 0.3 is 0 Å². The zero-order valence-electron chi connectivity index (χ0n) is 6.33. The Morgan fingerprint density at radius 2 is 2.08 bits per heavy atom. The lowest BCUT2D eigenvalue weighted by Gasteiger charge is -1.94. The van der Waals surface area contributed by atoms with Crippen LogP contribution in [0.5, 0.6) is 0 Å². The van der Waals surface area contributed by atoms with Crippen molar-refractivity contribution in [1.82, 2.24) is 0 Å². The fourth-order valence-electron chi connectivity index (χ4n) is 0.782. The Balaban J connectivity index is 2.89. The first-order valence-electron chi connectivity index (χ1n) is 3.42. The maximum Gasteiger partial charge on any atom is 0.241 e. The minimum absolute atomic E-state index is 0.439. The van der Waals surface area contributed by atoms with Crippen molar-refractivity contribution in [3.63, 3.8) is 0 Å². The molecule has 0 unspecified atom stereocenters. The lowest BCUT2D eigenvalue weighted by molar-refractivity contribution is -0.113. The van der Waals surface area contributed by atoms with Gasteiger partial charge in [0.05, 0.1) is 0 Å². The van der Waals surface area contributed by atoms with Gasteiger partial charge in [0, 0.05) is 10.5 Å². The molecule has 0 radical (unpaired) electrons. The van der Waals surface area contributed by atoms with Crippen LogP contribution >= 0.6 is 15.9 Å². The van der Waals surface area contributed by atoms with Gasteiger partial charge in [-0.1, -0.05) is 34.1 Å². The lowest BCUT2D eigenvalue weighted by atomic mass is 10.2. The molecule has 12 heavy (non-hydrogen) atoms. The molecule has 1 aromatic carbocycles. The molecule has 0 saturated heterocycles. The first kappa shape index (κ1) is 9.00. The van der Waals surface area contributed by atoms with Crippen LogP contribution < -0.4 is 5.73 Å². The van der Waals surface area contributed by atoms with Gasteiger partial charge in [-0.15, -0.1) is 0 Å². The van der Waals surface area contributed by atoms with Gasteiger partial charge in [-0.3, -0.25) is 4.79 Å². The molecule has 62 valence electrons. The topological polar surface area (TPSA) is 43.1 Å². The van der Waals surface area contributed by atoms with Crippen LogP contribution in [0.2, 0.25) is 0 Å². The number of carbonyl (C=O) groups excluding carboxylic acids is 1. The summed E-state index contributed by atoms with van der Waals surface area (Å²) in [4.78, 5) is 10.4.